The molecule has 92 valence electrons. The molecule has 0 saturated heterocycles. The predicted molar refractivity (Wildman–Crippen MR) is 65.0 cm³/mol. The number of carbonyl (C=O) groups is 1. The summed E-state index contributed by atoms with van der Waals surface area (Å²) in [6.45, 7) is 0. The lowest BCUT2D eigenvalue weighted by molar-refractivity contribution is 0.102. The van der Waals surface area contributed by atoms with Gasteiger partial charge in [0.1, 0.15) is 5.75 Å². The molecule has 2 rings (SSSR count). The number of benzene rings is 1. The van der Waals surface area contributed by atoms with Crippen LogP contribution in [0.15, 0.2) is 36.7 Å². The number of rotatable bonds is 4. The van der Waals surface area contributed by atoms with Gasteiger partial charge in [0.05, 0.1) is 19.8 Å². The second kappa shape index (κ2) is 5.27. The first kappa shape index (κ1) is 12.0. The van der Waals surface area contributed by atoms with Crippen molar-refractivity contribution < 1.29 is 14.3 Å². The molecule has 0 aliphatic heterocycles. The van der Waals surface area contributed by atoms with Crippen LogP contribution in [-0.2, 0) is 0 Å². The van der Waals surface area contributed by atoms with E-state index in [2.05, 4.69) is 9.97 Å². The van der Waals surface area contributed by atoms with Gasteiger partial charge in [-0.05, 0) is 12.1 Å². The van der Waals surface area contributed by atoms with E-state index in [0.29, 0.717) is 11.3 Å². The standard InChI is InChI=1S/C13H12N2O3/c1-17-10-6-4-3-5-9(10)12(16)11-13(18-2)15-8-7-14-11/h3-8H,1-2H3. The summed E-state index contributed by atoms with van der Waals surface area (Å²) in [5, 5.41) is 0. The van der Waals surface area contributed by atoms with Crippen molar-refractivity contribution in [2.24, 2.45) is 0 Å². The summed E-state index contributed by atoms with van der Waals surface area (Å²) in [5.74, 6) is 0.418. The molecule has 0 amide bonds. The van der Waals surface area contributed by atoms with Gasteiger partial charge in [-0.15, -0.1) is 0 Å². The second-order valence-electron chi connectivity index (χ2n) is 3.44. The van der Waals surface area contributed by atoms with Crippen LogP contribution in [0.1, 0.15) is 16.1 Å². The minimum atomic E-state index is -0.280. The fraction of sp³-hybridized carbons (Fsp3) is 0.154. The number of hydrogen-bond donors (Lipinski definition) is 0. The first-order chi connectivity index (χ1) is 8.77. The van der Waals surface area contributed by atoms with E-state index < -0.39 is 0 Å². The first-order valence-electron chi connectivity index (χ1n) is 5.30. The molecule has 1 aromatic carbocycles. The molecule has 0 N–H and O–H groups in total. The summed E-state index contributed by atoms with van der Waals surface area (Å²) in [5.41, 5.74) is 0.600. The summed E-state index contributed by atoms with van der Waals surface area (Å²) >= 11 is 0. The maximum absolute atomic E-state index is 12.3. The Bertz CT molecular complexity index is 520. The Labute approximate surface area is 104 Å². The van der Waals surface area contributed by atoms with Crippen LogP contribution in [0.4, 0.5) is 0 Å². The van der Waals surface area contributed by atoms with Gasteiger partial charge in [-0.2, -0.15) is 0 Å². The van der Waals surface area contributed by atoms with E-state index in [-0.39, 0.29) is 17.4 Å². The number of para-hydroxylation sites is 1. The fourth-order valence-corrected chi connectivity index (χ4v) is 1.59. The number of ketones is 1. The number of methoxy groups -OCH3 is 2. The van der Waals surface area contributed by atoms with Crippen molar-refractivity contribution in [3.05, 3.63) is 47.9 Å². The van der Waals surface area contributed by atoms with Crippen molar-refractivity contribution in [2.75, 3.05) is 14.2 Å². The number of aromatic nitrogens is 2. The number of carbonyl (C=O) groups excluding carboxylic acids is 1. The van der Waals surface area contributed by atoms with E-state index >= 15 is 0 Å². The van der Waals surface area contributed by atoms with Crippen LogP contribution in [-0.4, -0.2) is 30.0 Å². The molecule has 5 heteroatoms. The van der Waals surface area contributed by atoms with Crippen molar-refractivity contribution in [1.29, 1.82) is 0 Å². The van der Waals surface area contributed by atoms with Crippen LogP contribution >= 0.6 is 0 Å². The highest BCUT2D eigenvalue weighted by Gasteiger charge is 2.19. The van der Waals surface area contributed by atoms with Gasteiger partial charge in [-0.3, -0.25) is 4.79 Å². The molecule has 5 nitrogen and oxygen atoms in total. The van der Waals surface area contributed by atoms with Crippen LogP contribution in [0.2, 0.25) is 0 Å². The first-order valence-corrected chi connectivity index (χ1v) is 5.30. The summed E-state index contributed by atoms with van der Waals surface area (Å²) in [7, 11) is 2.96. The highest BCUT2D eigenvalue weighted by Crippen LogP contribution is 2.23. The largest absolute Gasteiger partial charge is 0.496 e. The SMILES string of the molecule is COc1ccccc1C(=O)c1nccnc1OC. The summed E-state index contributed by atoms with van der Waals surface area (Å²) in [6.07, 6.45) is 2.92. The van der Waals surface area contributed by atoms with E-state index in [4.69, 9.17) is 9.47 Å². The monoisotopic (exact) mass is 244 g/mol. The lowest BCUT2D eigenvalue weighted by Crippen LogP contribution is -2.09. The van der Waals surface area contributed by atoms with Crippen molar-refractivity contribution in [3.8, 4) is 11.6 Å². The molecule has 1 aromatic heterocycles. The Kier molecular flexibility index (Phi) is 3.52. The van der Waals surface area contributed by atoms with Crippen LogP contribution in [0.3, 0.4) is 0 Å². The van der Waals surface area contributed by atoms with Gasteiger partial charge >= 0.3 is 0 Å². The van der Waals surface area contributed by atoms with Gasteiger partial charge in [0.25, 0.3) is 0 Å². The second-order valence-corrected chi connectivity index (χ2v) is 3.44. The topological polar surface area (TPSA) is 61.3 Å². The zero-order valence-electron chi connectivity index (χ0n) is 10.1. The zero-order valence-corrected chi connectivity index (χ0v) is 10.1. The smallest absolute Gasteiger partial charge is 0.243 e. The molecule has 2 aromatic rings. The van der Waals surface area contributed by atoms with Gasteiger partial charge in [-0.1, -0.05) is 12.1 Å². The Morgan fingerprint density at radius 3 is 2.50 bits per heavy atom. The predicted octanol–water partition coefficient (Wildman–Crippen LogP) is 1.72. The van der Waals surface area contributed by atoms with Crippen LogP contribution in [0.5, 0.6) is 11.6 Å². The Morgan fingerprint density at radius 1 is 1.06 bits per heavy atom. The Hall–Kier alpha value is -2.43. The van der Waals surface area contributed by atoms with Gasteiger partial charge in [0, 0.05) is 12.4 Å². The minimum Gasteiger partial charge on any atom is -0.496 e. The Morgan fingerprint density at radius 2 is 1.78 bits per heavy atom. The van der Waals surface area contributed by atoms with Gasteiger partial charge in [-0.25, -0.2) is 9.97 Å². The molecule has 0 atom stereocenters. The maximum atomic E-state index is 12.3. The van der Waals surface area contributed by atoms with E-state index in [1.165, 1.54) is 26.6 Å². The average molecular weight is 244 g/mol. The highest BCUT2D eigenvalue weighted by atomic mass is 16.5. The fourth-order valence-electron chi connectivity index (χ4n) is 1.59. The summed E-state index contributed by atoms with van der Waals surface area (Å²) in [4.78, 5) is 20.3. The van der Waals surface area contributed by atoms with Gasteiger partial charge in [0.2, 0.25) is 11.7 Å². The third kappa shape index (κ3) is 2.15. The van der Waals surface area contributed by atoms with Gasteiger partial charge in [0.15, 0.2) is 5.69 Å². The van der Waals surface area contributed by atoms with E-state index in [0.717, 1.165) is 0 Å². The molecule has 0 aliphatic carbocycles. The van der Waals surface area contributed by atoms with Crippen molar-refractivity contribution >= 4 is 5.78 Å². The quantitative estimate of drug-likeness (QED) is 0.766. The maximum Gasteiger partial charge on any atom is 0.243 e. The van der Waals surface area contributed by atoms with Crippen LogP contribution < -0.4 is 9.47 Å². The van der Waals surface area contributed by atoms with Crippen molar-refractivity contribution in [1.82, 2.24) is 9.97 Å². The molecule has 18 heavy (non-hydrogen) atoms. The molecule has 0 bridgehead atoms. The molecule has 0 radical (unpaired) electrons. The number of nitrogens with zero attached hydrogens (tertiary/aromatic N) is 2. The van der Waals surface area contributed by atoms with Crippen LogP contribution in [0, 0.1) is 0 Å². The lowest BCUT2D eigenvalue weighted by atomic mass is 10.1. The molecule has 0 spiro atoms. The lowest BCUT2D eigenvalue weighted by Gasteiger charge is -2.08. The molecule has 1 heterocycles. The minimum absolute atomic E-state index is 0.171. The van der Waals surface area contributed by atoms with Gasteiger partial charge < -0.3 is 9.47 Å². The Balaban J connectivity index is 2.48. The third-order valence-electron chi connectivity index (χ3n) is 2.42. The van der Waals surface area contributed by atoms with Crippen molar-refractivity contribution in [2.45, 2.75) is 0 Å². The van der Waals surface area contributed by atoms with E-state index in [1.54, 1.807) is 24.3 Å². The zero-order chi connectivity index (χ0) is 13.0. The van der Waals surface area contributed by atoms with Crippen LogP contribution in [0.25, 0.3) is 0 Å². The number of hydrogen-bond acceptors (Lipinski definition) is 5. The molecule has 0 unspecified atom stereocenters. The number of ether oxygens (including phenoxy) is 2. The third-order valence-corrected chi connectivity index (χ3v) is 2.42. The average Bonchev–Trinajstić information content (AvgIpc) is 2.46. The van der Waals surface area contributed by atoms with E-state index in [9.17, 15) is 4.79 Å². The normalized spacial score (nSPS) is 9.89. The molecule has 0 fully saturated rings. The van der Waals surface area contributed by atoms with E-state index in [1.807, 2.05) is 0 Å². The molecular formula is C13H12N2O3. The molecular weight excluding hydrogens is 232 g/mol. The molecule has 0 aliphatic rings. The van der Waals surface area contributed by atoms with Crippen molar-refractivity contribution in [3.63, 3.8) is 0 Å². The summed E-state index contributed by atoms with van der Waals surface area (Å²) in [6, 6.07) is 6.95. The molecule has 0 saturated carbocycles. The summed E-state index contributed by atoms with van der Waals surface area (Å²) < 4.78 is 10.2. The highest BCUT2D eigenvalue weighted by molar-refractivity contribution is 6.10.